The Bertz CT molecular complexity index is 1120. The number of benzene rings is 1. The summed E-state index contributed by atoms with van der Waals surface area (Å²) in [6.45, 7) is 3.11. The number of anilines is 2. The van der Waals surface area contributed by atoms with E-state index >= 15 is 0 Å². The van der Waals surface area contributed by atoms with E-state index in [1.165, 1.54) is 4.90 Å². The smallest absolute Gasteiger partial charge is 0.254 e. The molecule has 0 spiro atoms. The van der Waals surface area contributed by atoms with Crippen molar-refractivity contribution in [3.8, 4) is 11.3 Å². The molecule has 9 nitrogen and oxygen atoms in total. The minimum atomic E-state index is -1.02. The Labute approximate surface area is 190 Å². The van der Waals surface area contributed by atoms with Crippen molar-refractivity contribution >= 4 is 28.4 Å². The van der Waals surface area contributed by atoms with Crippen LogP contribution in [0.1, 0.15) is 0 Å². The number of rotatable bonds is 5. The number of alkyl halides is 1. The minimum absolute atomic E-state index is 0.227. The van der Waals surface area contributed by atoms with Crippen LogP contribution in [-0.2, 0) is 14.3 Å². The van der Waals surface area contributed by atoms with Crippen LogP contribution in [0.2, 0.25) is 0 Å². The number of aromatic nitrogens is 3. The number of hydrogen-bond donors (Lipinski definition) is 1. The summed E-state index contributed by atoms with van der Waals surface area (Å²) >= 11 is 0. The quantitative estimate of drug-likeness (QED) is 0.629. The van der Waals surface area contributed by atoms with Gasteiger partial charge in [0.1, 0.15) is 11.7 Å². The van der Waals surface area contributed by atoms with Crippen molar-refractivity contribution in [2.75, 3.05) is 62.9 Å². The maximum Gasteiger partial charge on any atom is 0.254 e. The molecule has 2 aliphatic rings. The molecule has 172 valence electrons. The fraction of sp³-hybridized carbons (Fsp3) is 0.391. The third kappa shape index (κ3) is 4.71. The summed E-state index contributed by atoms with van der Waals surface area (Å²) in [4.78, 5) is 29.2. The molecule has 0 bridgehead atoms. The van der Waals surface area contributed by atoms with Crippen molar-refractivity contribution in [3.63, 3.8) is 0 Å². The Morgan fingerprint density at radius 2 is 1.88 bits per heavy atom. The van der Waals surface area contributed by atoms with Gasteiger partial charge in [0, 0.05) is 43.3 Å². The average molecular weight is 452 g/mol. The largest absolute Gasteiger partial charge is 0.378 e. The molecule has 0 radical (unpaired) electrons. The number of carbonyl (C=O) groups is 1. The van der Waals surface area contributed by atoms with Crippen LogP contribution < -0.4 is 10.2 Å². The first-order chi connectivity index (χ1) is 16.2. The number of ether oxygens (including phenoxy) is 2. The van der Waals surface area contributed by atoms with E-state index in [2.05, 4.69) is 32.3 Å². The third-order valence-corrected chi connectivity index (χ3v) is 5.83. The molecule has 2 aliphatic heterocycles. The van der Waals surface area contributed by atoms with Crippen LogP contribution in [0.5, 0.6) is 0 Å². The molecule has 1 amide bonds. The first-order valence-electron chi connectivity index (χ1n) is 11.0. The van der Waals surface area contributed by atoms with Crippen molar-refractivity contribution in [1.29, 1.82) is 0 Å². The lowest BCUT2D eigenvalue weighted by Gasteiger charge is -2.33. The molecule has 2 fully saturated rings. The Morgan fingerprint density at radius 1 is 1.09 bits per heavy atom. The topological polar surface area (TPSA) is 92.7 Å². The Balaban J connectivity index is 1.42. The van der Waals surface area contributed by atoms with E-state index in [0.717, 1.165) is 43.2 Å². The van der Waals surface area contributed by atoms with Gasteiger partial charge in [0.05, 0.1) is 37.6 Å². The molecule has 33 heavy (non-hydrogen) atoms. The average Bonchev–Trinajstić information content (AvgIpc) is 2.89. The molecule has 3 aromatic rings. The fourth-order valence-electron chi connectivity index (χ4n) is 4.09. The van der Waals surface area contributed by atoms with Crippen LogP contribution in [0, 0.1) is 0 Å². The number of halogens is 1. The number of nitrogens with one attached hydrogen (secondary N) is 1. The van der Waals surface area contributed by atoms with Crippen molar-refractivity contribution in [2.45, 2.75) is 6.23 Å². The first-order valence-corrected chi connectivity index (χ1v) is 11.0. The monoisotopic (exact) mass is 452 g/mol. The zero-order chi connectivity index (χ0) is 22.6. The highest BCUT2D eigenvalue weighted by molar-refractivity contribution is 5.88. The molecule has 0 aliphatic carbocycles. The molecule has 4 heterocycles. The number of hydrogen-bond acceptors (Lipinski definition) is 8. The van der Waals surface area contributed by atoms with E-state index < -0.39 is 18.8 Å². The normalized spacial score (nSPS) is 19.0. The van der Waals surface area contributed by atoms with Gasteiger partial charge < -0.3 is 24.6 Å². The van der Waals surface area contributed by atoms with Gasteiger partial charge in [-0.2, -0.15) is 0 Å². The third-order valence-electron chi connectivity index (χ3n) is 5.83. The van der Waals surface area contributed by atoms with E-state index in [4.69, 9.17) is 14.5 Å². The van der Waals surface area contributed by atoms with Crippen molar-refractivity contribution in [3.05, 3.63) is 42.7 Å². The molecule has 10 heteroatoms. The number of carbonyl (C=O) groups excluding carboxylic acids is 1. The van der Waals surface area contributed by atoms with Crippen LogP contribution >= 0.6 is 0 Å². The number of pyridine rings is 1. The van der Waals surface area contributed by atoms with Crippen molar-refractivity contribution in [2.24, 2.45) is 0 Å². The van der Waals surface area contributed by atoms with Gasteiger partial charge in [-0.25, -0.2) is 14.4 Å². The minimum Gasteiger partial charge on any atom is -0.378 e. The van der Waals surface area contributed by atoms with Crippen LogP contribution in [-0.4, -0.2) is 84.7 Å². The number of amides is 1. The molecule has 2 saturated heterocycles. The second-order valence-electron chi connectivity index (χ2n) is 7.90. The molecule has 1 unspecified atom stereocenters. The predicted octanol–water partition coefficient (Wildman–Crippen LogP) is 2.09. The second-order valence-corrected chi connectivity index (χ2v) is 7.90. The Morgan fingerprint density at radius 3 is 2.67 bits per heavy atom. The summed E-state index contributed by atoms with van der Waals surface area (Å²) < 4.78 is 24.0. The van der Waals surface area contributed by atoms with Crippen molar-refractivity contribution in [1.82, 2.24) is 19.9 Å². The molecule has 0 saturated carbocycles. The van der Waals surface area contributed by atoms with E-state index in [0.29, 0.717) is 30.0 Å². The summed E-state index contributed by atoms with van der Waals surface area (Å²) in [5, 5.41) is 3.23. The first kappa shape index (κ1) is 21.5. The van der Waals surface area contributed by atoms with Gasteiger partial charge in [-0.15, -0.1) is 0 Å². The lowest BCUT2D eigenvalue weighted by atomic mass is 10.1. The highest BCUT2D eigenvalue weighted by atomic mass is 19.1. The summed E-state index contributed by atoms with van der Waals surface area (Å²) in [6, 6.07) is 10.1. The lowest BCUT2D eigenvalue weighted by molar-refractivity contribution is -0.138. The van der Waals surface area contributed by atoms with Crippen LogP contribution in [0.25, 0.3) is 22.3 Å². The van der Waals surface area contributed by atoms with Gasteiger partial charge in [-0.05, 0) is 18.2 Å². The zero-order valence-electron chi connectivity index (χ0n) is 18.1. The van der Waals surface area contributed by atoms with Crippen LogP contribution in [0.15, 0.2) is 42.7 Å². The number of fused-ring (bicyclic) bond motifs is 1. The lowest BCUT2D eigenvalue weighted by Crippen LogP contribution is -2.49. The van der Waals surface area contributed by atoms with Gasteiger partial charge in [0.15, 0.2) is 12.5 Å². The second kappa shape index (κ2) is 9.63. The van der Waals surface area contributed by atoms with Crippen LogP contribution in [0.4, 0.5) is 15.9 Å². The van der Waals surface area contributed by atoms with Gasteiger partial charge in [-0.1, -0.05) is 12.1 Å². The maximum atomic E-state index is 12.8. The van der Waals surface area contributed by atoms with Crippen molar-refractivity contribution < 1.29 is 18.7 Å². The highest BCUT2D eigenvalue weighted by Gasteiger charge is 2.25. The summed E-state index contributed by atoms with van der Waals surface area (Å²) in [5.41, 5.74) is 4.13. The highest BCUT2D eigenvalue weighted by Crippen LogP contribution is 2.28. The molecule has 2 aromatic heterocycles. The zero-order valence-corrected chi connectivity index (χ0v) is 18.1. The summed E-state index contributed by atoms with van der Waals surface area (Å²) in [7, 11) is 0. The number of morpholine rings is 2. The van der Waals surface area contributed by atoms with E-state index in [1.807, 2.05) is 18.2 Å². The fourth-order valence-corrected chi connectivity index (χ4v) is 4.09. The molecule has 1 N–H and O–H groups in total. The molecular weight excluding hydrogens is 427 g/mol. The van der Waals surface area contributed by atoms with Gasteiger partial charge in [0.2, 0.25) is 0 Å². The number of nitrogens with zero attached hydrogens (tertiary/aromatic N) is 5. The molecular formula is C23H25FN6O3. The Kier molecular flexibility index (Phi) is 6.27. The van der Waals surface area contributed by atoms with E-state index in [-0.39, 0.29) is 6.54 Å². The summed E-state index contributed by atoms with van der Waals surface area (Å²) in [6.07, 6.45) is 2.72. The van der Waals surface area contributed by atoms with E-state index in [9.17, 15) is 9.18 Å². The molecule has 1 atom stereocenters. The van der Waals surface area contributed by atoms with Gasteiger partial charge >= 0.3 is 0 Å². The Hall–Kier alpha value is -3.37. The molecule has 1 aromatic carbocycles. The predicted molar refractivity (Wildman–Crippen MR) is 122 cm³/mol. The van der Waals surface area contributed by atoms with Crippen LogP contribution in [0.3, 0.4) is 0 Å². The SMILES string of the molecule is O=C(CF)N1CCOC(Nc2nc(-c3ccc(N4CCOCC4)cc3)cc3nccnc23)C1. The summed E-state index contributed by atoms with van der Waals surface area (Å²) in [5.74, 6) is -0.0378. The van der Waals surface area contributed by atoms with Gasteiger partial charge in [0.25, 0.3) is 5.91 Å². The standard InChI is InChI=1S/C23H25FN6O3/c24-14-21(31)30-9-12-33-20(15-30)28-23-22-19(25-5-6-26-22)13-18(27-23)16-1-3-17(4-2-16)29-7-10-32-11-8-29/h1-6,13,20H,7-12,14-15H2,(H,27,28). The van der Waals surface area contributed by atoms with Gasteiger partial charge in [-0.3, -0.25) is 9.78 Å². The van der Waals surface area contributed by atoms with E-state index in [1.54, 1.807) is 12.4 Å². The molecule has 5 rings (SSSR count). The maximum absolute atomic E-state index is 12.8.